The quantitative estimate of drug-likeness (QED) is 0.885. The Hall–Kier alpha value is -2.57. The minimum atomic E-state index is -0.446. The highest BCUT2D eigenvalue weighted by atomic mass is 16.3. The lowest BCUT2D eigenvalue weighted by molar-refractivity contribution is 0.222. The summed E-state index contributed by atoms with van der Waals surface area (Å²) >= 11 is 0. The van der Waals surface area contributed by atoms with Crippen molar-refractivity contribution < 1.29 is 9.21 Å². The number of urea groups is 1. The third kappa shape index (κ3) is 3.20. The number of carbonyl (C=O) groups is 1. The van der Waals surface area contributed by atoms with Gasteiger partial charge in [-0.3, -0.25) is 10.1 Å². The van der Waals surface area contributed by atoms with E-state index in [2.05, 4.69) is 29.5 Å². The van der Waals surface area contributed by atoms with Crippen LogP contribution < -0.4 is 16.2 Å². The molecule has 128 valence electrons. The van der Waals surface area contributed by atoms with Gasteiger partial charge in [0, 0.05) is 31.4 Å². The van der Waals surface area contributed by atoms with Crippen LogP contribution in [-0.2, 0) is 13.5 Å². The van der Waals surface area contributed by atoms with Crippen molar-refractivity contribution >= 4 is 11.8 Å². The Balaban J connectivity index is 1.79. The maximum Gasteiger partial charge on any atom is 0.321 e. The molecule has 0 spiro atoms. The average molecular weight is 330 g/mol. The Morgan fingerprint density at radius 2 is 2.21 bits per heavy atom. The summed E-state index contributed by atoms with van der Waals surface area (Å²) < 4.78 is 7.13. The Morgan fingerprint density at radius 3 is 2.96 bits per heavy atom. The van der Waals surface area contributed by atoms with Gasteiger partial charge in [-0.15, -0.1) is 0 Å². The predicted molar refractivity (Wildman–Crippen MR) is 89.9 cm³/mol. The van der Waals surface area contributed by atoms with Crippen molar-refractivity contribution in [2.45, 2.75) is 39.7 Å². The van der Waals surface area contributed by atoms with Gasteiger partial charge in [-0.2, -0.15) is 0 Å². The molecule has 3 rings (SSSR count). The normalized spacial score (nSPS) is 18.8. The number of aromatic nitrogens is 2. The van der Waals surface area contributed by atoms with E-state index in [-0.39, 0.29) is 22.8 Å². The topological polar surface area (TPSA) is 89.2 Å². The number of carbonyl (C=O) groups excluding carboxylic acids is 1. The number of rotatable bonds is 2. The van der Waals surface area contributed by atoms with Crippen LogP contribution in [0.2, 0.25) is 0 Å². The molecule has 0 saturated carbocycles. The smallest absolute Gasteiger partial charge is 0.321 e. The summed E-state index contributed by atoms with van der Waals surface area (Å²) in [6.07, 6.45) is 4.65. The van der Waals surface area contributed by atoms with Crippen molar-refractivity contribution in [3.05, 3.63) is 45.9 Å². The van der Waals surface area contributed by atoms with Gasteiger partial charge in [-0.1, -0.05) is 13.8 Å². The van der Waals surface area contributed by atoms with Gasteiger partial charge < -0.3 is 14.3 Å². The molecule has 1 aliphatic rings. The molecule has 2 N–H and O–H groups in total. The van der Waals surface area contributed by atoms with Crippen LogP contribution in [0.3, 0.4) is 0 Å². The van der Waals surface area contributed by atoms with Gasteiger partial charge in [0.05, 0.1) is 6.04 Å². The molecule has 0 radical (unpaired) electrons. The number of nitrogens with zero attached hydrogens (tertiary/aromatic N) is 2. The zero-order valence-electron chi connectivity index (χ0n) is 14.3. The molecule has 2 heterocycles. The summed E-state index contributed by atoms with van der Waals surface area (Å²) in [5.74, 6) is 1.77. The first-order chi connectivity index (χ1) is 11.2. The third-order valence-electron chi connectivity index (χ3n) is 4.29. The van der Waals surface area contributed by atoms with E-state index in [0.29, 0.717) is 0 Å². The van der Waals surface area contributed by atoms with Crippen molar-refractivity contribution in [3.8, 4) is 0 Å². The highest BCUT2D eigenvalue weighted by Gasteiger charge is 2.35. The number of furan rings is 1. The van der Waals surface area contributed by atoms with Crippen LogP contribution in [0.25, 0.3) is 0 Å². The molecule has 7 nitrogen and oxygen atoms in total. The zero-order valence-corrected chi connectivity index (χ0v) is 14.3. The maximum atomic E-state index is 12.3. The number of hydrogen-bond acceptors (Lipinski definition) is 4. The lowest BCUT2D eigenvalue weighted by Crippen LogP contribution is -2.39. The molecular weight excluding hydrogens is 308 g/mol. The molecule has 0 aliphatic heterocycles. The molecule has 2 amide bonds. The lowest BCUT2D eigenvalue weighted by Gasteiger charge is -2.34. The van der Waals surface area contributed by atoms with Crippen LogP contribution in [0.5, 0.6) is 0 Å². The maximum absolute atomic E-state index is 12.3. The van der Waals surface area contributed by atoms with E-state index in [9.17, 15) is 9.59 Å². The fraction of sp³-hybridized carbons (Fsp3) is 0.471. The van der Waals surface area contributed by atoms with Crippen LogP contribution >= 0.6 is 0 Å². The molecule has 7 heteroatoms. The molecule has 2 aromatic rings. The molecule has 0 unspecified atom stereocenters. The summed E-state index contributed by atoms with van der Waals surface area (Å²) in [7, 11) is 1.61. The first kappa shape index (κ1) is 16.3. The molecular formula is C17H22N4O3. The first-order valence-corrected chi connectivity index (χ1v) is 7.93. The molecule has 0 fully saturated rings. The Labute approximate surface area is 140 Å². The van der Waals surface area contributed by atoms with E-state index in [1.807, 2.05) is 13.0 Å². The minimum absolute atomic E-state index is 0.0103. The van der Waals surface area contributed by atoms with Crippen molar-refractivity contribution in [2.75, 3.05) is 5.32 Å². The summed E-state index contributed by atoms with van der Waals surface area (Å²) in [6.45, 7) is 6.20. The van der Waals surface area contributed by atoms with Gasteiger partial charge in [0.15, 0.2) is 0 Å². The van der Waals surface area contributed by atoms with Crippen LogP contribution in [0, 0.1) is 12.3 Å². The van der Waals surface area contributed by atoms with Gasteiger partial charge >= 0.3 is 6.03 Å². The molecule has 0 aromatic carbocycles. The highest BCUT2D eigenvalue weighted by molar-refractivity contribution is 5.88. The second kappa shape index (κ2) is 5.81. The second-order valence-electron chi connectivity index (χ2n) is 7.12. The zero-order chi connectivity index (χ0) is 17.5. The van der Waals surface area contributed by atoms with Gasteiger partial charge in [-0.25, -0.2) is 9.78 Å². The standard InChI is InChI=1S/C17H22N4O3/c1-10-7-11-12(8-17(2,3)9-13(11)24-10)19-16(23)20-14-15(22)21(4)6-5-18-14/h5-7,12H,8-9H2,1-4H3,(H2,18,19,20,23)/t12-/m1/s1. The number of aryl methyl sites for hydroxylation is 2. The first-order valence-electron chi connectivity index (χ1n) is 7.93. The largest absolute Gasteiger partial charge is 0.466 e. The lowest BCUT2D eigenvalue weighted by atomic mass is 9.75. The van der Waals surface area contributed by atoms with Crippen molar-refractivity contribution in [1.82, 2.24) is 14.9 Å². The van der Waals surface area contributed by atoms with Gasteiger partial charge in [0.25, 0.3) is 5.56 Å². The highest BCUT2D eigenvalue weighted by Crippen LogP contribution is 2.41. The van der Waals surface area contributed by atoms with Crippen molar-refractivity contribution in [3.63, 3.8) is 0 Å². The number of hydrogen-bond donors (Lipinski definition) is 2. The number of nitrogens with one attached hydrogen (secondary N) is 2. The van der Waals surface area contributed by atoms with E-state index >= 15 is 0 Å². The van der Waals surface area contributed by atoms with E-state index in [1.54, 1.807) is 7.05 Å². The van der Waals surface area contributed by atoms with Gasteiger partial charge in [0.2, 0.25) is 5.82 Å². The molecule has 0 bridgehead atoms. The number of amides is 2. The second-order valence-corrected chi connectivity index (χ2v) is 7.12. The van der Waals surface area contributed by atoms with E-state index in [0.717, 1.165) is 29.9 Å². The summed E-state index contributed by atoms with van der Waals surface area (Å²) in [4.78, 5) is 28.2. The third-order valence-corrected chi connectivity index (χ3v) is 4.29. The minimum Gasteiger partial charge on any atom is -0.466 e. The van der Waals surface area contributed by atoms with Crippen molar-refractivity contribution in [1.29, 1.82) is 0 Å². The van der Waals surface area contributed by atoms with Crippen LogP contribution in [0.4, 0.5) is 10.6 Å². The predicted octanol–water partition coefficient (Wildman–Crippen LogP) is 2.52. The SMILES string of the molecule is Cc1cc2c(o1)CC(C)(C)C[C@H]2NC(=O)Nc1nccn(C)c1=O. The van der Waals surface area contributed by atoms with E-state index in [4.69, 9.17) is 4.42 Å². The fourth-order valence-corrected chi connectivity index (χ4v) is 3.20. The van der Waals surface area contributed by atoms with Gasteiger partial charge in [0.1, 0.15) is 11.5 Å². The summed E-state index contributed by atoms with van der Waals surface area (Å²) in [5, 5.41) is 5.48. The fourth-order valence-electron chi connectivity index (χ4n) is 3.20. The monoisotopic (exact) mass is 330 g/mol. The van der Waals surface area contributed by atoms with Crippen LogP contribution in [0.15, 0.2) is 27.7 Å². The Morgan fingerprint density at radius 1 is 1.46 bits per heavy atom. The van der Waals surface area contributed by atoms with Gasteiger partial charge in [-0.05, 0) is 24.8 Å². The van der Waals surface area contributed by atoms with E-state index < -0.39 is 6.03 Å². The number of fused-ring (bicyclic) bond motifs is 1. The Bertz CT molecular complexity index is 835. The van der Waals surface area contributed by atoms with Crippen LogP contribution in [-0.4, -0.2) is 15.6 Å². The van der Waals surface area contributed by atoms with Crippen LogP contribution in [0.1, 0.15) is 43.4 Å². The van der Waals surface area contributed by atoms with Crippen molar-refractivity contribution in [2.24, 2.45) is 12.5 Å². The summed E-state index contributed by atoms with van der Waals surface area (Å²) in [6, 6.07) is 1.36. The molecule has 1 atom stereocenters. The molecule has 2 aromatic heterocycles. The summed E-state index contributed by atoms with van der Waals surface area (Å²) in [5.41, 5.74) is 0.684. The van der Waals surface area contributed by atoms with E-state index in [1.165, 1.54) is 17.0 Å². The number of anilines is 1. The Kier molecular flexibility index (Phi) is 3.95. The molecule has 24 heavy (non-hydrogen) atoms. The molecule has 0 saturated heterocycles. The average Bonchev–Trinajstić information content (AvgIpc) is 2.83. The molecule has 1 aliphatic carbocycles.